The lowest BCUT2D eigenvalue weighted by molar-refractivity contribution is 0.0415. The fraction of sp³-hybridized carbons (Fsp3) is 0.688. The molecule has 8 heteroatoms. The van der Waals surface area contributed by atoms with Gasteiger partial charge in [0.1, 0.15) is 5.69 Å². The lowest BCUT2D eigenvalue weighted by atomic mass is 10.1. The Morgan fingerprint density at radius 3 is 2.58 bits per heavy atom. The van der Waals surface area contributed by atoms with E-state index in [0.29, 0.717) is 32.0 Å². The van der Waals surface area contributed by atoms with Gasteiger partial charge in [-0.25, -0.2) is 4.79 Å². The fourth-order valence-corrected chi connectivity index (χ4v) is 2.74. The minimum Gasteiger partial charge on any atom is -0.381 e. The molecule has 1 aromatic heterocycles. The number of hydrogen-bond donors (Lipinski definition) is 1. The molecule has 2 rings (SSSR count). The van der Waals surface area contributed by atoms with Crippen LogP contribution in [0.2, 0.25) is 0 Å². The number of ether oxygens (including phenoxy) is 1. The summed E-state index contributed by atoms with van der Waals surface area (Å²) in [6.07, 6.45) is 1.65. The molecule has 1 N–H and O–H groups in total. The number of carbonyl (C=O) groups is 2. The van der Waals surface area contributed by atoms with E-state index in [2.05, 4.69) is 10.4 Å². The van der Waals surface area contributed by atoms with Crippen LogP contribution in [0.25, 0.3) is 0 Å². The Bertz CT molecular complexity index is 559. The Labute approximate surface area is 142 Å². The zero-order chi connectivity index (χ0) is 17.7. The second-order valence-corrected chi connectivity index (χ2v) is 6.26. The molecule has 1 aliphatic rings. The van der Waals surface area contributed by atoms with Gasteiger partial charge in [0.25, 0.3) is 5.91 Å². The van der Waals surface area contributed by atoms with Crippen LogP contribution in [-0.4, -0.2) is 78.0 Å². The van der Waals surface area contributed by atoms with Gasteiger partial charge >= 0.3 is 6.03 Å². The van der Waals surface area contributed by atoms with E-state index in [1.165, 1.54) is 0 Å². The molecule has 0 radical (unpaired) electrons. The van der Waals surface area contributed by atoms with Crippen LogP contribution in [0.5, 0.6) is 0 Å². The van der Waals surface area contributed by atoms with Crippen molar-refractivity contribution in [2.75, 3.05) is 40.4 Å². The van der Waals surface area contributed by atoms with Crippen molar-refractivity contribution in [3.8, 4) is 0 Å². The molecule has 3 amide bonds. The molecule has 134 valence electrons. The van der Waals surface area contributed by atoms with E-state index < -0.39 is 0 Å². The smallest absolute Gasteiger partial charge is 0.319 e. The van der Waals surface area contributed by atoms with Crippen LogP contribution >= 0.6 is 0 Å². The largest absolute Gasteiger partial charge is 0.381 e. The summed E-state index contributed by atoms with van der Waals surface area (Å²) < 4.78 is 7.04. The molecule has 1 aromatic rings. The van der Waals surface area contributed by atoms with Crippen molar-refractivity contribution in [2.24, 2.45) is 7.05 Å². The average molecular weight is 337 g/mol. The first-order valence-corrected chi connectivity index (χ1v) is 8.24. The third kappa shape index (κ3) is 4.47. The number of urea groups is 1. The Balaban J connectivity index is 1.92. The highest BCUT2D eigenvalue weighted by Crippen LogP contribution is 2.15. The number of aryl methyl sites for hydroxylation is 2. The van der Waals surface area contributed by atoms with Crippen LogP contribution in [0.15, 0.2) is 6.07 Å². The lowest BCUT2D eigenvalue weighted by Crippen LogP contribution is -2.50. The predicted molar refractivity (Wildman–Crippen MR) is 89.9 cm³/mol. The van der Waals surface area contributed by atoms with Gasteiger partial charge in [0.05, 0.1) is 0 Å². The molecular formula is C16H27N5O3. The van der Waals surface area contributed by atoms with Gasteiger partial charge < -0.3 is 19.9 Å². The van der Waals surface area contributed by atoms with Gasteiger partial charge in [0.2, 0.25) is 0 Å². The van der Waals surface area contributed by atoms with Gasteiger partial charge in [-0.2, -0.15) is 5.10 Å². The zero-order valence-corrected chi connectivity index (χ0v) is 14.9. The van der Waals surface area contributed by atoms with E-state index >= 15 is 0 Å². The van der Waals surface area contributed by atoms with E-state index in [1.54, 1.807) is 36.8 Å². The molecule has 1 saturated heterocycles. The third-order valence-corrected chi connectivity index (χ3v) is 4.24. The van der Waals surface area contributed by atoms with Crippen LogP contribution in [0.3, 0.4) is 0 Å². The van der Waals surface area contributed by atoms with Gasteiger partial charge in [-0.15, -0.1) is 0 Å². The highest BCUT2D eigenvalue weighted by atomic mass is 16.5. The molecule has 0 bridgehead atoms. The molecule has 24 heavy (non-hydrogen) atoms. The minimum atomic E-state index is -0.220. The predicted octanol–water partition coefficient (Wildman–Crippen LogP) is 0.621. The Hall–Kier alpha value is -2.09. The van der Waals surface area contributed by atoms with Crippen LogP contribution in [0.4, 0.5) is 4.79 Å². The van der Waals surface area contributed by atoms with Crippen molar-refractivity contribution >= 4 is 11.9 Å². The summed E-state index contributed by atoms with van der Waals surface area (Å²) in [4.78, 5) is 28.0. The van der Waals surface area contributed by atoms with Crippen molar-refractivity contribution < 1.29 is 14.3 Å². The Kier molecular flexibility index (Phi) is 6.19. The van der Waals surface area contributed by atoms with Crippen molar-refractivity contribution in [1.29, 1.82) is 0 Å². The van der Waals surface area contributed by atoms with Crippen LogP contribution < -0.4 is 5.32 Å². The first kappa shape index (κ1) is 18.3. The summed E-state index contributed by atoms with van der Waals surface area (Å²) in [6, 6.07) is 1.86. The molecule has 2 heterocycles. The standard InChI is InChI=1S/C16H27N5O3/c1-12-11-14(18-20(12)4)15(22)17-7-8-21(16(23)19(2)3)13-5-9-24-10-6-13/h11,13H,5-10H2,1-4H3,(H,17,22). The molecule has 0 aliphatic carbocycles. The molecular weight excluding hydrogens is 310 g/mol. The summed E-state index contributed by atoms with van der Waals surface area (Å²) in [5.74, 6) is -0.220. The molecule has 8 nitrogen and oxygen atoms in total. The number of carbonyl (C=O) groups excluding carboxylic acids is 2. The zero-order valence-electron chi connectivity index (χ0n) is 14.9. The topological polar surface area (TPSA) is 79.7 Å². The van der Waals surface area contributed by atoms with Crippen molar-refractivity contribution in [2.45, 2.75) is 25.8 Å². The SMILES string of the molecule is Cc1cc(C(=O)NCCN(C(=O)N(C)C)C2CCOCC2)nn1C. The summed E-state index contributed by atoms with van der Waals surface area (Å²) in [5.41, 5.74) is 1.32. The van der Waals surface area contributed by atoms with E-state index in [9.17, 15) is 9.59 Å². The second-order valence-electron chi connectivity index (χ2n) is 6.26. The number of amides is 3. The minimum absolute atomic E-state index is 0.0372. The maximum Gasteiger partial charge on any atom is 0.319 e. The number of nitrogens with one attached hydrogen (secondary N) is 1. The number of aromatic nitrogens is 2. The van der Waals surface area contributed by atoms with Gasteiger partial charge in [-0.1, -0.05) is 0 Å². The first-order valence-electron chi connectivity index (χ1n) is 8.24. The normalized spacial score (nSPS) is 15.2. The van der Waals surface area contributed by atoms with Gasteiger partial charge in [0.15, 0.2) is 0 Å². The summed E-state index contributed by atoms with van der Waals surface area (Å²) >= 11 is 0. The van der Waals surface area contributed by atoms with E-state index in [0.717, 1.165) is 18.5 Å². The monoisotopic (exact) mass is 337 g/mol. The fourth-order valence-electron chi connectivity index (χ4n) is 2.74. The van der Waals surface area contributed by atoms with Crippen LogP contribution in [0.1, 0.15) is 29.0 Å². The van der Waals surface area contributed by atoms with Crippen molar-refractivity contribution in [1.82, 2.24) is 24.9 Å². The number of rotatable bonds is 5. The highest BCUT2D eigenvalue weighted by Gasteiger charge is 2.26. The van der Waals surface area contributed by atoms with Crippen LogP contribution in [0, 0.1) is 6.92 Å². The third-order valence-electron chi connectivity index (χ3n) is 4.24. The molecule has 0 spiro atoms. The molecule has 0 atom stereocenters. The van der Waals surface area contributed by atoms with Gasteiger partial charge in [0, 0.05) is 59.2 Å². The van der Waals surface area contributed by atoms with Gasteiger partial charge in [-0.05, 0) is 25.8 Å². The number of nitrogens with zero attached hydrogens (tertiary/aromatic N) is 4. The summed E-state index contributed by atoms with van der Waals surface area (Å²) in [7, 11) is 5.28. The summed E-state index contributed by atoms with van der Waals surface area (Å²) in [5, 5.41) is 7.00. The first-order chi connectivity index (χ1) is 11.4. The number of hydrogen-bond acceptors (Lipinski definition) is 4. The second kappa shape index (κ2) is 8.14. The Morgan fingerprint density at radius 1 is 1.38 bits per heavy atom. The molecule has 0 aromatic carbocycles. The van der Waals surface area contributed by atoms with Crippen molar-refractivity contribution in [3.63, 3.8) is 0 Å². The molecule has 1 fully saturated rings. The van der Waals surface area contributed by atoms with E-state index in [4.69, 9.17) is 4.74 Å². The molecule has 1 aliphatic heterocycles. The van der Waals surface area contributed by atoms with Gasteiger partial charge in [-0.3, -0.25) is 9.48 Å². The average Bonchev–Trinajstić information content (AvgIpc) is 2.91. The summed E-state index contributed by atoms with van der Waals surface area (Å²) in [6.45, 7) is 4.10. The lowest BCUT2D eigenvalue weighted by Gasteiger charge is -2.36. The maximum absolute atomic E-state index is 12.4. The quantitative estimate of drug-likeness (QED) is 0.854. The maximum atomic E-state index is 12.4. The van der Waals surface area contributed by atoms with E-state index in [-0.39, 0.29) is 18.0 Å². The Morgan fingerprint density at radius 2 is 2.04 bits per heavy atom. The van der Waals surface area contributed by atoms with E-state index in [1.807, 2.05) is 11.8 Å². The van der Waals surface area contributed by atoms with Crippen molar-refractivity contribution in [3.05, 3.63) is 17.5 Å². The van der Waals surface area contributed by atoms with Crippen LogP contribution in [-0.2, 0) is 11.8 Å². The molecule has 0 saturated carbocycles. The molecule has 0 unspecified atom stereocenters. The highest BCUT2D eigenvalue weighted by molar-refractivity contribution is 5.92.